The minimum Gasteiger partial charge on any atom is -0.467 e. The van der Waals surface area contributed by atoms with Crippen LogP contribution in [0.1, 0.15) is 64.2 Å². The van der Waals surface area contributed by atoms with Gasteiger partial charge in [-0.3, -0.25) is 4.79 Å². The Morgan fingerprint density at radius 3 is 2.15 bits per heavy atom. The molecule has 4 nitrogen and oxygen atoms in total. The van der Waals surface area contributed by atoms with E-state index in [9.17, 15) is 9.59 Å². The summed E-state index contributed by atoms with van der Waals surface area (Å²) in [5.41, 5.74) is 0. The van der Waals surface area contributed by atoms with Crippen molar-refractivity contribution in [3.05, 3.63) is 0 Å². The number of piperidine rings is 1. The third-order valence-electron chi connectivity index (χ3n) is 4.71. The van der Waals surface area contributed by atoms with E-state index in [1.807, 2.05) is 4.90 Å². The molecule has 1 atom stereocenters. The number of nitrogens with zero attached hydrogens (tertiary/aromatic N) is 1. The van der Waals surface area contributed by atoms with Gasteiger partial charge < -0.3 is 9.64 Å². The van der Waals surface area contributed by atoms with E-state index < -0.39 is 0 Å². The van der Waals surface area contributed by atoms with Crippen molar-refractivity contribution >= 4 is 11.9 Å². The third-order valence-corrected chi connectivity index (χ3v) is 4.71. The fourth-order valence-corrected chi connectivity index (χ4v) is 3.51. The summed E-state index contributed by atoms with van der Waals surface area (Å²) in [6.07, 6.45) is 10.8. The topological polar surface area (TPSA) is 46.6 Å². The standard InChI is InChI=1S/C16H27NO3/c1-20-16(19)14-11-7-8-12-17(14)15(18)13-9-5-3-2-4-6-10-13/h13-14H,2-12H2,1H3/t14-/m1/s1. The quantitative estimate of drug-likeness (QED) is 0.731. The van der Waals surface area contributed by atoms with E-state index in [1.54, 1.807) is 0 Å². The predicted molar refractivity (Wildman–Crippen MR) is 77.2 cm³/mol. The summed E-state index contributed by atoms with van der Waals surface area (Å²) in [4.78, 5) is 26.4. The summed E-state index contributed by atoms with van der Waals surface area (Å²) in [5, 5.41) is 0. The van der Waals surface area contributed by atoms with Crippen molar-refractivity contribution < 1.29 is 14.3 Å². The van der Waals surface area contributed by atoms with E-state index in [2.05, 4.69) is 0 Å². The molecule has 0 bridgehead atoms. The number of carbonyl (C=O) groups is 2. The Hall–Kier alpha value is -1.06. The molecule has 2 fully saturated rings. The molecule has 0 spiro atoms. The summed E-state index contributed by atoms with van der Waals surface area (Å²) >= 11 is 0. The van der Waals surface area contributed by atoms with E-state index in [1.165, 1.54) is 26.4 Å². The lowest BCUT2D eigenvalue weighted by molar-refractivity contribution is -0.156. The number of likely N-dealkylation sites (tertiary alicyclic amines) is 1. The second-order valence-electron chi connectivity index (χ2n) is 6.11. The number of carbonyl (C=O) groups excluding carboxylic acids is 2. The van der Waals surface area contributed by atoms with Gasteiger partial charge in [-0.15, -0.1) is 0 Å². The molecule has 1 saturated heterocycles. The van der Waals surface area contributed by atoms with Crippen LogP contribution in [0.15, 0.2) is 0 Å². The van der Waals surface area contributed by atoms with Gasteiger partial charge in [-0.2, -0.15) is 0 Å². The number of methoxy groups -OCH3 is 1. The smallest absolute Gasteiger partial charge is 0.328 e. The molecule has 0 aromatic carbocycles. The molecule has 114 valence electrons. The van der Waals surface area contributed by atoms with Crippen LogP contribution in [0.5, 0.6) is 0 Å². The average Bonchev–Trinajstić information content (AvgIpc) is 2.45. The number of esters is 1. The van der Waals surface area contributed by atoms with Gasteiger partial charge in [0.1, 0.15) is 6.04 Å². The van der Waals surface area contributed by atoms with Gasteiger partial charge in [-0.25, -0.2) is 4.79 Å². The first-order valence-corrected chi connectivity index (χ1v) is 8.12. The van der Waals surface area contributed by atoms with Crippen molar-refractivity contribution in [1.29, 1.82) is 0 Å². The maximum Gasteiger partial charge on any atom is 0.328 e. The lowest BCUT2D eigenvalue weighted by atomic mass is 9.89. The maximum atomic E-state index is 12.8. The molecule has 0 unspecified atom stereocenters. The Morgan fingerprint density at radius 1 is 0.900 bits per heavy atom. The van der Waals surface area contributed by atoms with Gasteiger partial charge in [-0.1, -0.05) is 32.1 Å². The van der Waals surface area contributed by atoms with Crippen LogP contribution in [0.2, 0.25) is 0 Å². The maximum absolute atomic E-state index is 12.8. The normalized spacial score (nSPS) is 25.6. The molecule has 4 heteroatoms. The van der Waals surface area contributed by atoms with Gasteiger partial charge in [-0.05, 0) is 32.1 Å². The fraction of sp³-hybridized carbons (Fsp3) is 0.875. The number of ether oxygens (including phenoxy) is 1. The van der Waals surface area contributed by atoms with Gasteiger partial charge >= 0.3 is 5.97 Å². The lowest BCUT2D eigenvalue weighted by Gasteiger charge is -2.36. The molecule has 1 heterocycles. The Morgan fingerprint density at radius 2 is 1.50 bits per heavy atom. The average molecular weight is 281 g/mol. The molecule has 20 heavy (non-hydrogen) atoms. The van der Waals surface area contributed by atoms with Crippen molar-refractivity contribution in [2.75, 3.05) is 13.7 Å². The highest BCUT2D eigenvalue weighted by Crippen LogP contribution is 2.27. The molecule has 0 aromatic rings. The van der Waals surface area contributed by atoms with Crippen molar-refractivity contribution in [2.24, 2.45) is 5.92 Å². The second kappa shape index (κ2) is 7.65. The Kier molecular flexibility index (Phi) is 5.86. The summed E-state index contributed by atoms with van der Waals surface area (Å²) in [5.74, 6) is 0.0754. The van der Waals surface area contributed by atoms with Crippen LogP contribution in [0.3, 0.4) is 0 Å². The minimum absolute atomic E-state index is 0.126. The molecule has 1 amide bonds. The first-order chi connectivity index (χ1) is 9.74. The molecule has 1 saturated carbocycles. The van der Waals surface area contributed by atoms with Crippen LogP contribution in [0.25, 0.3) is 0 Å². The fourth-order valence-electron chi connectivity index (χ4n) is 3.51. The van der Waals surface area contributed by atoms with Crippen LogP contribution in [-0.2, 0) is 14.3 Å². The number of hydrogen-bond donors (Lipinski definition) is 0. The lowest BCUT2D eigenvalue weighted by Crippen LogP contribution is -2.50. The van der Waals surface area contributed by atoms with Gasteiger partial charge in [0.2, 0.25) is 5.91 Å². The van der Waals surface area contributed by atoms with Gasteiger partial charge in [0.25, 0.3) is 0 Å². The highest BCUT2D eigenvalue weighted by molar-refractivity contribution is 5.86. The first-order valence-electron chi connectivity index (χ1n) is 8.12. The van der Waals surface area contributed by atoms with Gasteiger partial charge in [0, 0.05) is 12.5 Å². The molecule has 0 N–H and O–H groups in total. The Balaban J connectivity index is 2.01. The molecule has 1 aliphatic carbocycles. The molecule has 0 radical (unpaired) electrons. The largest absolute Gasteiger partial charge is 0.467 e. The van der Waals surface area contributed by atoms with Crippen molar-refractivity contribution in [3.8, 4) is 0 Å². The highest BCUT2D eigenvalue weighted by Gasteiger charge is 2.35. The molecular formula is C16H27NO3. The Bertz CT molecular complexity index is 335. The highest BCUT2D eigenvalue weighted by atomic mass is 16.5. The minimum atomic E-state index is -0.341. The van der Waals surface area contributed by atoms with Crippen LogP contribution in [0, 0.1) is 5.92 Å². The first kappa shape index (κ1) is 15.3. The van der Waals surface area contributed by atoms with Crippen LogP contribution in [-0.4, -0.2) is 36.5 Å². The summed E-state index contributed by atoms with van der Waals surface area (Å²) in [6, 6.07) is -0.341. The van der Waals surface area contributed by atoms with E-state index in [0.29, 0.717) is 0 Å². The molecule has 2 rings (SSSR count). The monoisotopic (exact) mass is 281 g/mol. The second-order valence-corrected chi connectivity index (χ2v) is 6.11. The zero-order valence-corrected chi connectivity index (χ0v) is 12.6. The summed E-state index contributed by atoms with van der Waals surface area (Å²) < 4.78 is 4.87. The molecule has 2 aliphatic rings. The third kappa shape index (κ3) is 3.74. The van der Waals surface area contributed by atoms with Gasteiger partial charge in [0.15, 0.2) is 0 Å². The number of amides is 1. The van der Waals surface area contributed by atoms with Gasteiger partial charge in [0.05, 0.1) is 7.11 Å². The zero-order valence-electron chi connectivity index (χ0n) is 12.6. The van der Waals surface area contributed by atoms with Crippen LogP contribution >= 0.6 is 0 Å². The van der Waals surface area contributed by atoms with E-state index in [-0.39, 0.29) is 23.8 Å². The molecular weight excluding hydrogens is 254 g/mol. The van der Waals surface area contributed by atoms with E-state index >= 15 is 0 Å². The van der Waals surface area contributed by atoms with Crippen molar-refractivity contribution in [3.63, 3.8) is 0 Å². The van der Waals surface area contributed by atoms with E-state index in [0.717, 1.165) is 51.5 Å². The van der Waals surface area contributed by atoms with Crippen molar-refractivity contribution in [2.45, 2.75) is 70.3 Å². The Labute approximate surface area is 121 Å². The SMILES string of the molecule is COC(=O)[C@H]1CCCCN1C(=O)C1CCCCCCC1. The summed E-state index contributed by atoms with van der Waals surface area (Å²) in [6.45, 7) is 0.717. The molecule has 0 aromatic heterocycles. The molecule has 1 aliphatic heterocycles. The number of hydrogen-bond acceptors (Lipinski definition) is 3. The van der Waals surface area contributed by atoms with E-state index in [4.69, 9.17) is 4.74 Å². The van der Waals surface area contributed by atoms with Crippen molar-refractivity contribution in [1.82, 2.24) is 4.90 Å². The summed E-state index contributed by atoms with van der Waals surface area (Å²) in [7, 11) is 1.41. The predicted octanol–water partition coefficient (Wildman–Crippen LogP) is 2.90. The van der Waals surface area contributed by atoms with Crippen LogP contribution < -0.4 is 0 Å². The number of rotatable bonds is 2. The zero-order chi connectivity index (χ0) is 14.4. The van der Waals surface area contributed by atoms with Crippen LogP contribution in [0.4, 0.5) is 0 Å².